The molecule has 0 aliphatic carbocycles. The highest BCUT2D eigenvalue weighted by atomic mass is 32.2. The van der Waals surface area contributed by atoms with Gasteiger partial charge in [-0.3, -0.25) is 4.79 Å². The fourth-order valence-electron chi connectivity index (χ4n) is 2.47. The van der Waals surface area contributed by atoms with Gasteiger partial charge in [0.15, 0.2) is 5.69 Å². The number of hydrogen-bond acceptors (Lipinski definition) is 5. The molecule has 0 spiro atoms. The molecule has 1 amide bonds. The third kappa shape index (κ3) is 4.26. The van der Waals surface area contributed by atoms with Crippen LogP contribution in [0.5, 0.6) is 0 Å². The van der Waals surface area contributed by atoms with E-state index in [0.29, 0.717) is 18.8 Å². The normalized spacial score (nSPS) is 13.0. The van der Waals surface area contributed by atoms with Crippen molar-refractivity contribution < 1.29 is 17.7 Å². The molecule has 1 unspecified atom stereocenters. The van der Waals surface area contributed by atoms with Gasteiger partial charge in [0.2, 0.25) is 10.0 Å². The molecule has 0 bridgehead atoms. The molecule has 25 heavy (non-hydrogen) atoms. The van der Waals surface area contributed by atoms with Crippen LogP contribution in [0.4, 0.5) is 0 Å². The van der Waals surface area contributed by atoms with Crippen LogP contribution in [0.1, 0.15) is 48.6 Å². The molecule has 2 aromatic rings. The quantitative estimate of drug-likeness (QED) is 0.814. The average Bonchev–Trinajstić information content (AvgIpc) is 3.02. The smallest absolute Gasteiger partial charge is 0.273 e. The van der Waals surface area contributed by atoms with Gasteiger partial charge in [0.05, 0.1) is 10.9 Å². The summed E-state index contributed by atoms with van der Waals surface area (Å²) in [5.74, 6) is 0.216. The molecule has 136 valence electrons. The van der Waals surface area contributed by atoms with Crippen molar-refractivity contribution in [2.45, 2.75) is 38.6 Å². The lowest BCUT2D eigenvalue weighted by Crippen LogP contribution is -2.30. The molecule has 1 atom stereocenters. The lowest BCUT2D eigenvalue weighted by atomic mass is 10.1. The zero-order valence-electron chi connectivity index (χ0n) is 14.8. The Hall–Kier alpha value is -2.19. The van der Waals surface area contributed by atoms with Crippen molar-refractivity contribution in [1.82, 2.24) is 14.8 Å². The molecule has 1 heterocycles. The molecule has 0 radical (unpaired) electrons. The predicted molar refractivity (Wildman–Crippen MR) is 93.7 cm³/mol. The van der Waals surface area contributed by atoms with Crippen molar-refractivity contribution in [2.75, 3.05) is 13.1 Å². The van der Waals surface area contributed by atoms with Crippen molar-refractivity contribution >= 4 is 15.9 Å². The van der Waals surface area contributed by atoms with Crippen LogP contribution in [-0.2, 0) is 10.0 Å². The molecule has 7 nitrogen and oxygen atoms in total. The Morgan fingerprint density at radius 1 is 1.24 bits per heavy atom. The Morgan fingerprint density at radius 2 is 1.84 bits per heavy atom. The van der Waals surface area contributed by atoms with Gasteiger partial charge in [-0.1, -0.05) is 31.1 Å². The summed E-state index contributed by atoms with van der Waals surface area (Å²) in [6, 6.07) is 7.79. The molecule has 0 aliphatic heterocycles. The number of benzene rings is 1. The van der Waals surface area contributed by atoms with Crippen LogP contribution in [0.2, 0.25) is 0 Å². The topological polar surface area (TPSA) is 92.5 Å². The van der Waals surface area contributed by atoms with Crippen LogP contribution < -0.4 is 5.32 Å². The molecule has 0 saturated heterocycles. The van der Waals surface area contributed by atoms with Gasteiger partial charge in [0, 0.05) is 19.2 Å². The standard InChI is InChI=1S/C17H23N3O4S/c1-5-20(6-2)25(22,23)15-9-7-14(8-10-15)13(4)18-17(21)16-11-12(3)24-19-16/h7-11,13H,5-6H2,1-4H3,(H,18,21). The van der Waals surface area contributed by atoms with Crippen molar-refractivity contribution in [3.8, 4) is 0 Å². The predicted octanol–water partition coefficient (Wildman–Crippen LogP) is 2.50. The summed E-state index contributed by atoms with van der Waals surface area (Å²) in [6.07, 6.45) is 0. The molecule has 0 saturated carbocycles. The van der Waals surface area contributed by atoms with Crippen molar-refractivity contribution in [3.05, 3.63) is 47.3 Å². The van der Waals surface area contributed by atoms with Crippen LogP contribution in [0, 0.1) is 6.92 Å². The van der Waals surface area contributed by atoms with E-state index in [1.165, 1.54) is 4.31 Å². The second-order valence-corrected chi connectivity index (χ2v) is 7.61. The summed E-state index contributed by atoms with van der Waals surface area (Å²) in [6.45, 7) is 7.98. The van der Waals surface area contributed by atoms with Crippen LogP contribution >= 0.6 is 0 Å². The maximum atomic E-state index is 12.5. The Kier molecular flexibility index (Phi) is 5.97. The van der Waals surface area contributed by atoms with E-state index in [4.69, 9.17) is 4.52 Å². The van der Waals surface area contributed by atoms with Gasteiger partial charge < -0.3 is 9.84 Å². The number of nitrogens with one attached hydrogen (secondary N) is 1. The van der Waals surface area contributed by atoms with Crippen molar-refractivity contribution in [2.24, 2.45) is 0 Å². The first-order valence-corrected chi connectivity index (χ1v) is 9.57. The van der Waals surface area contributed by atoms with Gasteiger partial charge in [-0.2, -0.15) is 4.31 Å². The minimum Gasteiger partial charge on any atom is -0.361 e. The second-order valence-electron chi connectivity index (χ2n) is 5.68. The zero-order chi connectivity index (χ0) is 18.6. The highest BCUT2D eigenvalue weighted by Gasteiger charge is 2.22. The molecule has 1 aromatic heterocycles. The molecule has 1 aromatic carbocycles. The maximum absolute atomic E-state index is 12.5. The van der Waals surface area contributed by atoms with Gasteiger partial charge in [-0.05, 0) is 31.5 Å². The summed E-state index contributed by atoms with van der Waals surface area (Å²) in [5, 5.41) is 6.48. The van der Waals surface area contributed by atoms with E-state index in [9.17, 15) is 13.2 Å². The highest BCUT2D eigenvalue weighted by molar-refractivity contribution is 7.89. The van der Waals surface area contributed by atoms with Crippen LogP contribution in [0.3, 0.4) is 0 Å². The van der Waals surface area contributed by atoms with E-state index in [1.807, 2.05) is 6.92 Å². The van der Waals surface area contributed by atoms with Crippen molar-refractivity contribution in [3.63, 3.8) is 0 Å². The average molecular weight is 365 g/mol. The van der Waals surface area contributed by atoms with E-state index in [1.54, 1.807) is 51.1 Å². The molecule has 0 aliphatic rings. The number of rotatable bonds is 7. The fraction of sp³-hybridized carbons (Fsp3) is 0.412. The van der Waals surface area contributed by atoms with E-state index in [0.717, 1.165) is 5.56 Å². The first kappa shape index (κ1) is 19.1. The molecular weight excluding hydrogens is 342 g/mol. The zero-order valence-corrected chi connectivity index (χ0v) is 15.6. The second kappa shape index (κ2) is 7.79. The third-order valence-corrected chi connectivity index (χ3v) is 6.00. The number of sulfonamides is 1. The minimum atomic E-state index is -3.48. The third-order valence-electron chi connectivity index (χ3n) is 3.93. The summed E-state index contributed by atoms with van der Waals surface area (Å²) in [5.41, 5.74) is 1.01. The lowest BCUT2D eigenvalue weighted by molar-refractivity contribution is 0.0930. The number of aryl methyl sites for hydroxylation is 1. The van der Waals surface area contributed by atoms with Gasteiger partial charge in [-0.25, -0.2) is 8.42 Å². The Morgan fingerprint density at radius 3 is 2.32 bits per heavy atom. The maximum Gasteiger partial charge on any atom is 0.273 e. The SMILES string of the molecule is CCN(CC)S(=O)(=O)c1ccc(C(C)NC(=O)c2cc(C)on2)cc1. The largest absolute Gasteiger partial charge is 0.361 e. The van der Waals surface area contributed by atoms with Crippen LogP contribution in [0.25, 0.3) is 0 Å². The molecule has 1 N–H and O–H groups in total. The Bertz CT molecular complexity index is 824. The van der Waals surface area contributed by atoms with E-state index >= 15 is 0 Å². The monoisotopic (exact) mass is 365 g/mol. The Balaban J connectivity index is 2.12. The van der Waals surface area contributed by atoms with Gasteiger partial charge in [0.1, 0.15) is 5.76 Å². The number of carbonyl (C=O) groups is 1. The summed E-state index contributed by atoms with van der Waals surface area (Å²) < 4.78 is 31.2. The van der Waals surface area contributed by atoms with E-state index in [2.05, 4.69) is 10.5 Å². The van der Waals surface area contributed by atoms with Gasteiger partial charge >= 0.3 is 0 Å². The Labute approximate surface area is 148 Å². The van der Waals surface area contributed by atoms with E-state index in [-0.39, 0.29) is 22.5 Å². The van der Waals surface area contributed by atoms with E-state index < -0.39 is 10.0 Å². The summed E-state index contributed by atoms with van der Waals surface area (Å²) in [7, 11) is -3.48. The molecule has 2 rings (SSSR count). The molecule has 0 fully saturated rings. The first-order chi connectivity index (χ1) is 11.8. The van der Waals surface area contributed by atoms with Crippen LogP contribution in [-0.4, -0.2) is 36.9 Å². The van der Waals surface area contributed by atoms with Crippen LogP contribution in [0.15, 0.2) is 39.8 Å². The number of nitrogens with zero attached hydrogens (tertiary/aromatic N) is 2. The molecular formula is C17H23N3O4S. The van der Waals surface area contributed by atoms with Gasteiger partial charge in [-0.15, -0.1) is 0 Å². The fourth-order valence-corrected chi connectivity index (χ4v) is 3.93. The molecule has 8 heteroatoms. The minimum absolute atomic E-state index is 0.213. The lowest BCUT2D eigenvalue weighted by Gasteiger charge is -2.19. The highest BCUT2D eigenvalue weighted by Crippen LogP contribution is 2.19. The number of aromatic nitrogens is 1. The van der Waals surface area contributed by atoms with Crippen molar-refractivity contribution in [1.29, 1.82) is 0 Å². The summed E-state index contributed by atoms with van der Waals surface area (Å²) >= 11 is 0. The van der Waals surface area contributed by atoms with Gasteiger partial charge in [0.25, 0.3) is 5.91 Å². The number of carbonyl (C=O) groups excluding carboxylic acids is 1. The number of amides is 1. The number of hydrogen-bond donors (Lipinski definition) is 1. The first-order valence-electron chi connectivity index (χ1n) is 8.13. The summed E-state index contributed by atoms with van der Waals surface area (Å²) in [4.78, 5) is 12.3.